The maximum atomic E-state index is 13.0. The highest BCUT2D eigenvalue weighted by molar-refractivity contribution is 7.15. The molecule has 11 heteroatoms. The van der Waals surface area contributed by atoms with Gasteiger partial charge in [-0.15, -0.1) is 11.3 Å². The maximum Gasteiger partial charge on any atom is 0.433 e. The zero-order valence-corrected chi connectivity index (χ0v) is 19.2. The Morgan fingerprint density at radius 3 is 2.79 bits per heavy atom. The summed E-state index contributed by atoms with van der Waals surface area (Å²) in [5.74, 6) is -0.00579. The molecule has 34 heavy (non-hydrogen) atoms. The highest BCUT2D eigenvalue weighted by Gasteiger charge is 2.48. The van der Waals surface area contributed by atoms with Gasteiger partial charge in [-0.3, -0.25) is 0 Å². The molecule has 3 aromatic rings. The van der Waals surface area contributed by atoms with E-state index < -0.39 is 11.9 Å². The highest BCUT2D eigenvalue weighted by atomic mass is 32.1. The molecule has 0 amide bonds. The predicted molar refractivity (Wildman–Crippen MR) is 122 cm³/mol. The van der Waals surface area contributed by atoms with Crippen molar-refractivity contribution in [3.8, 4) is 10.4 Å². The first kappa shape index (κ1) is 23.2. The number of aromatic nitrogens is 3. The second-order valence-corrected chi connectivity index (χ2v) is 9.75. The molecule has 7 nitrogen and oxygen atoms in total. The minimum absolute atomic E-state index is 0.108. The Hall–Kier alpha value is -2.60. The number of aryl methyl sites for hydroxylation is 1. The van der Waals surface area contributed by atoms with Crippen molar-refractivity contribution >= 4 is 23.0 Å². The quantitative estimate of drug-likeness (QED) is 0.454. The third kappa shape index (κ3) is 4.78. The standard InChI is InChI=1S/C23H24F3N5O2S/c1-12-6-13(8-14(7-12)30-22-27-5-4-19(31-22)23(24,25)26)18-9-28-20(34-18)10-29-21-15(11-32)16-2-3-17(21)33-16/h4-9,15-17,21,29,32H,2-3,10-11H2,1H3,(H,27,30,31). The van der Waals surface area contributed by atoms with E-state index in [0.29, 0.717) is 12.2 Å². The predicted octanol–water partition coefficient (Wildman–Crippen LogP) is 4.30. The van der Waals surface area contributed by atoms with Gasteiger partial charge in [0.05, 0.1) is 17.1 Å². The normalized spacial score (nSPS) is 24.0. The number of nitrogens with one attached hydrogen (secondary N) is 2. The monoisotopic (exact) mass is 491 g/mol. The Balaban J connectivity index is 1.29. The van der Waals surface area contributed by atoms with E-state index in [1.54, 1.807) is 17.5 Å². The molecule has 2 bridgehead atoms. The van der Waals surface area contributed by atoms with E-state index >= 15 is 0 Å². The fourth-order valence-corrected chi connectivity index (χ4v) is 5.58. The summed E-state index contributed by atoms with van der Waals surface area (Å²) in [5.41, 5.74) is 1.42. The van der Waals surface area contributed by atoms with Crippen LogP contribution in [0.25, 0.3) is 10.4 Å². The number of ether oxygens (including phenoxy) is 1. The van der Waals surface area contributed by atoms with Crippen molar-refractivity contribution in [1.29, 1.82) is 0 Å². The molecular formula is C23H24F3N5O2S. The molecule has 2 aromatic heterocycles. The smallest absolute Gasteiger partial charge is 0.396 e. The molecule has 0 radical (unpaired) electrons. The van der Waals surface area contributed by atoms with Gasteiger partial charge in [0.25, 0.3) is 0 Å². The number of anilines is 2. The molecular weight excluding hydrogens is 467 g/mol. The van der Waals surface area contributed by atoms with Gasteiger partial charge >= 0.3 is 6.18 Å². The molecule has 4 atom stereocenters. The minimum atomic E-state index is -4.54. The number of hydrogen-bond acceptors (Lipinski definition) is 8. The molecule has 2 saturated heterocycles. The Kier molecular flexibility index (Phi) is 6.28. The summed E-state index contributed by atoms with van der Waals surface area (Å²) in [6.45, 7) is 2.60. The van der Waals surface area contributed by atoms with Crippen LogP contribution in [-0.4, -0.2) is 44.9 Å². The van der Waals surface area contributed by atoms with E-state index in [2.05, 4.69) is 25.6 Å². The fourth-order valence-electron chi connectivity index (χ4n) is 4.72. The number of thiazole rings is 1. The molecule has 0 aliphatic carbocycles. The maximum absolute atomic E-state index is 13.0. The lowest BCUT2D eigenvalue weighted by Crippen LogP contribution is -2.45. The summed E-state index contributed by atoms with van der Waals surface area (Å²) < 4.78 is 44.8. The Morgan fingerprint density at radius 2 is 2.00 bits per heavy atom. The fraction of sp³-hybridized carbons (Fsp3) is 0.435. The van der Waals surface area contributed by atoms with Crippen LogP contribution in [0.5, 0.6) is 0 Å². The second kappa shape index (κ2) is 9.21. The number of fused-ring (bicyclic) bond motifs is 2. The van der Waals surface area contributed by atoms with Crippen LogP contribution in [-0.2, 0) is 17.5 Å². The first-order valence-corrected chi connectivity index (χ1v) is 11.9. The number of halogens is 3. The first-order valence-electron chi connectivity index (χ1n) is 11.0. The summed E-state index contributed by atoms with van der Waals surface area (Å²) in [4.78, 5) is 13.0. The van der Waals surface area contributed by atoms with Crippen LogP contribution in [0.1, 0.15) is 29.1 Å². The summed E-state index contributed by atoms with van der Waals surface area (Å²) in [5, 5.41) is 17.0. The lowest BCUT2D eigenvalue weighted by molar-refractivity contribution is -0.141. The number of aliphatic hydroxyl groups is 1. The van der Waals surface area contributed by atoms with E-state index in [1.165, 1.54) is 0 Å². The van der Waals surface area contributed by atoms with Crippen LogP contribution in [0.4, 0.5) is 24.8 Å². The number of hydrogen-bond donors (Lipinski definition) is 3. The first-order chi connectivity index (χ1) is 16.3. The average Bonchev–Trinajstić information content (AvgIpc) is 3.53. The molecule has 1 aromatic carbocycles. The topological polar surface area (TPSA) is 92.2 Å². The minimum Gasteiger partial charge on any atom is -0.396 e. The van der Waals surface area contributed by atoms with Gasteiger partial charge in [-0.1, -0.05) is 6.07 Å². The Morgan fingerprint density at radius 1 is 1.18 bits per heavy atom. The van der Waals surface area contributed by atoms with Gasteiger partial charge in [0.2, 0.25) is 5.95 Å². The zero-order chi connectivity index (χ0) is 23.9. The third-order valence-electron chi connectivity index (χ3n) is 6.24. The molecule has 2 aliphatic heterocycles. The molecule has 2 fully saturated rings. The zero-order valence-electron chi connectivity index (χ0n) is 18.3. The molecule has 5 rings (SSSR count). The van der Waals surface area contributed by atoms with E-state index in [1.807, 2.05) is 25.1 Å². The van der Waals surface area contributed by atoms with Crippen molar-refractivity contribution in [1.82, 2.24) is 20.3 Å². The lowest BCUT2D eigenvalue weighted by Gasteiger charge is -2.27. The second-order valence-electron chi connectivity index (χ2n) is 8.64. The number of benzene rings is 1. The van der Waals surface area contributed by atoms with Gasteiger partial charge in [-0.25, -0.2) is 15.0 Å². The van der Waals surface area contributed by atoms with Crippen molar-refractivity contribution < 1.29 is 23.0 Å². The van der Waals surface area contributed by atoms with Gasteiger partial charge in [0.1, 0.15) is 10.7 Å². The highest BCUT2D eigenvalue weighted by Crippen LogP contribution is 2.39. The summed E-state index contributed by atoms with van der Waals surface area (Å²) in [6.07, 6.45) is 0.637. The van der Waals surface area contributed by atoms with Crippen LogP contribution < -0.4 is 10.6 Å². The van der Waals surface area contributed by atoms with Crippen LogP contribution >= 0.6 is 11.3 Å². The lowest BCUT2D eigenvalue weighted by atomic mass is 9.85. The van der Waals surface area contributed by atoms with Gasteiger partial charge in [-0.2, -0.15) is 13.2 Å². The Bertz CT molecular complexity index is 1170. The Labute approximate surface area is 198 Å². The molecule has 0 saturated carbocycles. The number of nitrogens with zero attached hydrogens (tertiary/aromatic N) is 3. The SMILES string of the molecule is Cc1cc(Nc2nccc(C(F)(F)F)n2)cc(-c2cnc(CNC3C4CCC(O4)C3CO)s2)c1. The van der Waals surface area contributed by atoms with Gasteiger partial charge in [0.15, 0.2) is 0 Å². The van der Waals surface area contributed by atoms with Gasteiger partial charge < -0.3 is 20.5 Å². The van der Waals surface area contributed by atoms with Crippen LogP contribution in [0.3, 0.4) is 0 Å². The van der Waals surface area contributed by atoms with Crippen LogP contribution in [0.15, 0.2) is 36.7 Å². The number of aliphatic hydroxyl groups excluding tert-OH is 1. The molecule has 4 heterocycles. The van der Waals surface area contributed by atoms with Crippen molar-refractivity contribution in [2.24, 2.45) is 5.92 Å². The van der Waals surface area contributed by atoms with Crippen molar-refractivity contribution in [2.45, 2.75) is 50.7 Å². The van der Waals surface area contributed by atoms with Crippen molar-refractivity contribution in [3.63, 3.8) is 0 Å². The largest absolute Gasteiger partial charge is 0.433 e. The summed E-state index contributed by atoms with van der Waals surface area (Å²) >= 11 is 1.54. The third-order valence-corrected chi connectivity index (χ3v) is 7.29. The van der Waals surface area contributed by atoms with E-state index in [0.717, 1.165) is 46.1 Å². The van der Waals surface area contributed by atoms with Crippen LogP contribution in [0, 0.1) is 12.8 Å². The molecule has 3 N–H and O–H groups in total. The molecule has 2 aliphatic rings. The van der Waals surface area contributed by atoms with Gasteiger partial charge in [-0.05, 0) is 49.1 Å². The van der Waals surface area contributed by atoms with Crippen molar-refractivity contribution in [3.05, 3.63) is 52.9 Å². The van der Waals surface area contributed by atoms with Crippen molar-refractivity contribution in [2.75, 3.05) is 11.9 Å². The summed E-state index contributed by atoms with van der Waals surface area (Å²) in [6, 6.07) is 6.62. The summed E-state index contributed by atoms with van der Waals surface area (Å²) in [7, 11) is 0. The van der Waals surface area contributed by atoms with E-state index in [9.17, 15) is 18.3 Å². The molecule has 4 unspecified atom stereocenters. The molecule has 0 spiro atoms. The number of rotatable bonds is 7. The van der Waals surface area contributed by atoms with E-state index in [4.69, 9.17) is 4.74 Å². The molecule has 180 valence electrons. The van der Waals surface area contributed by atoms with Gasteiger partial charge in [0, 0.05) is 43.2 Å². The average molecular weight is 492 g/mol. The van der Waals surface area contributed by atoms with Crippen LogP contribution in [0.2, 0.25) is 0 Å². The van der Waals surface area contributed by atoms with E-state index in [-0.39, 0.29) is 36.7 Å². The number of alkyl halides is 3.